The van der Waals surface area contributed by atoms with Crippen LogP contribution >= 0.6 is 0 Å². The summed E-state index contributed by atoms with van der Waals surface area (Å²) in [6.45, 7) is 3.70. The van der Waals surface area contributed by atoms with Crippen molar-refractivity contribution in [3.05, 3.63) is 101 Å². The minimum absolute atomic E-state index is 0.0224. The summed E-state index contributed by atoms with van der Waals surface area (Å²) in [5, 5.41) is 15.4. The van der Waals surface area contributed by atoms with Crippen LogP contribution in [-0.2, 0) is 25.4 Å². The Balaban J connectivity index is 1.49. The molecule has 0 unspecified atom stereocenters. The highest BCUT2D eigenvalue weighted by atomic mass is 19.1. The van der Waals surface area contributed by atoms with Crippen LogP contribution in [-0.4, -0.2) is 80.4 Å². The SMILES string of the molecule is COC(=O)N(C(=O)[C@@H](N)C(c1ccc(F)cc1)c1ccc(F)cc1)c1cccc(F)c1CC[C@@H]1CN[C@H](COC(=O)NCC(C)(C)O)CO1. The van der Waals surface area contributed by atoms with E-state index >= 15 is 4.39 Å². The molecule has 4 rings (SSSR count). The lowest BCUT2D eigenvalue weighted by molar-refractivity contribution is -0.119. The molecule has 3 atom stereocenters. The summed E-state index contributed by atoms with van der Waals surface area (Å²) in [6, 6.07) is 12.7. The molecule has 0 radical (unpaired) electrons. The van der Waals surface area contributed by atoms with Crippen molar-refractivity contribution in [3.63, 3.8) is 0 Å². The van der Waals surface area contributed by atoms with Crippen molar-refractivity contribution >= 4 is 23.8 Å². The molecule has 49 heavy (non-hydrogen) atoms. The fraction of sp³-hybridized carbons (Fsp3) is 0.400. The average Bonchev–Trinajstić information content (AvgIpc) is 3.08. The number of nitrogens with zero attached hydrogens (tertiary/aromatic N) is 1. The highest BCUT2D eigenvalue weighted by molar-refractivity contribution is 6.15. The molecule has 5 N–H and O–H groups in total. The molecule has 1 saturated heterocycles. The number of benzene rings is 3. The van der Waals surface area contributed by atoms with Gasteiger partial charge in [0.25, 0.3) is 5.91 Å². The fourth-order valence-corrected chi connectivity index (χ4v) is 5.42. The van der Waals surface area contributed by atoms with E-state index in [9.17, 15) is 28.3 Å². The predicted octanol–water partition coefficient (Wildman–Crippen LogP) is 4.15. The van der Waals surface area contributed by atoms with Crippen LogP contribution in [0.4, 0.5) is 28.4 Å². The number of rotatable bonds is 12. The number of aliphatic hydroxyl groups is 1. The molecule has 1 aliphatic heterocycles. The maximum atomic E-state index is 15.4. The number of ether oxygens (including phenoxy) is 3. The summed E-state index contributed by atoms with van der Waals surface area (Å²) in [7, 11) is 1.07. The number of imide groups is 1. The number of anilines is 1. The first kappa shape index (κ1) is 37.3. The highest BCUT2D eigenvalue weighted by Gasteiger charge is 2.37. The molecule has 14 heteroatoms. The van der Waals surface area contributed by atoms with Crippen LogP contribution in [0.1, 0.15) is 42.9 Å². The summed E-state index contributed by atoms with van der Waals surface area (Å²) in [4.78, 5) is 39.9. The van der Waals surface area contributed by atoms with E-state index in [1.165, 1.54) is 66.7 Å². The Morgan fingerprint density at radius 3 is 2.18 bits per heavy atom. The van der Waals surface area contributed by atoms with Crippen molar-refractivity contribution in [2.45, 2.75) is 56.4 Å². The van der Waals surface area contributed by atoms with Crippen LogP contribution in [0, 0.1) is 17.5 Å². The first-order valence-corrected chi connectivity index (χ1v) is 15.7. The summed E-state index contributed by atoms with van der Waals surface area (Å²) in [5.41, 5.74) is 6.30. The quantitative estimate of drug-likeness (QED) is 0.220. The van der Waals surface area contributed by atoms with Crippen LogP contribution < -0.4 is 21.3 Å². The lowest BCUT2D eigenvalue weighted by Crippen LogP contribution is -2.50. The molecule has 0 aromatic heterocycles. The molecule has 1 fully saturated rings. The normalized spacial score (nSPS) is 16.9. The van der Waals surface area contributed by atoms with Gasteiger partial charge in [-0.25, -0.2) is 27.7 Å². The Labute approximate surface area is 282 Å². The largest absolute Gasteiger partial charge is 0.452 e. The molecule has 1 heterocycles. The molecule has 1 aliphatic rings. The number of halogens is 3. The van der Waals surface area contributed by atoms with Gasteiger partial charge in [-0.05, 0) is 74.2 Å². The van der Waals surface area contributed by atoms with E-state index in [4.69, 9.17) is 19.9 Å². The maximum absolute atomic E-state index is 15.4. The molecule has 3 amide bonds. The number of hydrogen-bond donors (Lipinski definition) is 4. The van der Waals surface area contributed by atoms with Gasteiger partial charge >= 0.3 is 12.2 Å². The Kier molecular flexibility index (Phi) is 12.8. The zero-order chi connectivity index (χ0) is 35.7. The lowest BCUT2D eigenvalue weighted by atomic mass is 9.84. The van der Waals surface area contributed by atoms with Gasteiger partial charge in [0.15, 0.2) is 0 Å². The van der Waals surface area contributed by atoms with E-state index in [1.807, 2.05) is 0 Å². The van der Waals surface area contributed by atoms with Gasteiger partial charge in [-0.15, -0.1) is 0 Å². The minimum atomic E-state index is -1.46. The Bertz CT molecular complexity index is 1530. The smallest absolute Gasteiger partial charge is 0.420 e. The molecule has 0 aliphatic carbocycles. The second-order valence-electron chi connectivity index (χ2n) is 12.4. The number of hydrogen-bond acceptors (Lipinski definition) is 9. The molecule has 0 bridgehead atoms. The van der Waals surface area contributed by atoms with Crippen LogP contribution in [0.25, 0.3) is 0 Å². The fourth-order valence-electron chi connectivity index (χ4n) is 5.42. The van der Waals surface area contributed by atoms with E-state index in [-0.39, 0.29) is 49.6 Å². The van der Waals surface area contributed by atoms with Crippen molar-refractivity contribution in [1.82, 2.24) is 10.6 Å². The van der Waals surface area contributed by atoms with Crippen molar-refractivity contribution in [2.24, 2.45) is 5.73 Å². The Morgan fingerprint density at radius 2 is 1.65 bits per heavy atom. The number of alkyl carbamates (subject to hydrolysis) is 1. The second-order valence-corrected chi connectivity index (χ2v) is 12.4. The van der Waals surface area contributed by atoms with E-state index < -0.39 is 53.1 Å². The van der Waals surface area contributed by atoms with Gasteiger partial charge in [-0.3, -0.25) is 4.79 Å². The summed E-state index contributed by atoms with van der Waals surface area (Å²) >= 11 is 0. The molecule has 0 spiro atoms. The van der Waals surface area contributed by atoms with E-state index in [0.717, 1.165) is 7.11 Å². The van der Waals surface area contributed by atoms with Crippen molar-refractivity contribution in [2.75, 3.05) is 38.3 Å². The summed E-state index contributed by atoms with van der Waals surface area (Å²) in [6.07, 6.45) is -1.80. The standard InChI is InChI=1S/C35H41F3N4O7/c1-35(2,46)20-41-33(44)49-19-25-18-48-26(17-40-25)15-16-27-28(38)5-4-6-29(27)42(34(45)47-3)32(43)31(39)30(21-7-11-23(36)12-8-21)22-9-13-24(37)14-10-22/h4-14,25-26,30-31,40,46H,15-20,39H2,1-3H3,(H,41,44)/t25-,26+,31-/m0/s1. The highest BCUT2D eigenvalue weighted by Crippen LogP contribution is 2.32. The van der Waals surface area contributed by atoms with Crippen LogP contribution in [0.15, 0.2) is 66.7 Å². The third-order valence-corrected chi connectivity index (χ3v) is 7.98. The monoisotopic (exact) mass is 686 g/mol. The van der Waals surface area contributed by atoms with Gasteiger partial charge in [0.05, 0.1) is 43.2 Å². The number of carbonyl (C=O) groups excluding carboxylic acids is 3. The van der Waals surface area contributed by atoms with E-state index in [0.29, 0.717) is 29.0 Å². The summed E-state index contributed by atoms with van der Waals surface area (Å²) in [5.74, 6) is -3.58. The van der Waals surface area contributed by atoms with Crippen LogP contribution in [0.2, 0.25) is 0 Å². The van der Waals surface area contributed by atoms with Crippen molar-refractivity contribution in [3.8, 4) is 0 Å². The number of morpholine rings is 1. The van der Waals surface area contributed by atoms with Crippen molar-refractivity contribution < 1.29 is 46.9 Å². The van der Waals surface area contributed by atoms with Crippen LogP contribution in [0.3, 0.4) is 0 Å². The zero-order valence-electron chi connectivity index (χ0n) is 27.5. The molecule has 0 saturated carbocycles. The second kappa shape index (κ2) is 16.7. The van der Waals surface area contributed by atoms with Gasteiger partial charge in [-0.2, -0.15) is 0 Å². The van der Waals surface area contributed by atoms with E-state index in [1.54, 1.807) is 13.8 Å². The molecule has 3 aromatic carbocycles. The lowest BCUT2D eigenvalue weighted by Gasteiger charge is -2.31. The number of methoxy groups -OCH3 is 1. The van der Waals surface area contributed by atoms with Gasteiger partial charge in [0, 0.05) is 24.6 Å². The Morgan fingerprint density at radius 1 is 1.04 bits per heavy atom. The van der Waals surface area contributed by atoms with E-state index in [2.05, 4.69) is 10.6 Å². The Hall–Kier alpha value is -4.50. The molecular weight excluding hydrogens is 645 g/mol. The zero-order valence-corrected chi connectivity index (χ0v) is 27.5. The topological polar surface area (TPSA) is 152 Å². The number of carbonyl (C=O) groups is 3. The number of amides is 3. The third-order valence-electron chi connectivity index (χ3n) is 7.98. The van der Waals surface area contributed by atoms with Crippen LogP contribution in [0.5, 0.6) is 0 Å². The number of nitrogens with two attached hydrogens (primary N) is 1. The van der Waals surface area contributed by atoms with Gasteiger partial charge in [-0.1, -0.05) is 30.3 Å². The van der Waals surface area contributed by atoms with Crippen molar-refractivity contribution in [1.29, 1.82) is 0 Å². The number of nitrogens with one attached hydrogen (secondary N) is 2. The van der Waals surface area contributed by atoms with Gasteiger partial charge in [0.1, 0.15) is 24.1 Å². The average molecular weight is 687 g/mol. The predicted molar refractivity (Wildman–Crippen MR) is 174 cm³/mol. The first-order valence-electron chi connectivity index (χ1n) is 15.7. The molecule has 11 nitrogen and oxygen atoms in total. The summed E-state index contributed by atoms with van der Waals surface area (Å²) < 4.78 is 59.1. The maximum Gasteiger partial charge on any atom is 0.420 e. The first-order chi connectivity index (χ1) is 23.3. The molecular formula is C35H41F3N4O7. The molecule has 264 valence electrons. The minimum Gasteiger partial charge on any atom is -0.452 e. The third kappa shape index (κ3) is 10.2. The van der Waals surface area contributed by atoms with Gasteiger partial charge < -0.3 is 35.7 Å². The molecule has 3 aromatic rings. The van der Waals surface area contributed by atoms with Gasteiger partial charge in [0.2, 0.25) is 0 Å².